The number of aliphatic hydroxyl groups is 2. The van der Waals surface area contributed by atoms with E-state index in [0.29, 0.717) is 24.8 Å². The molecule has 0 aliphatic carbocycles. The van der Waals surface area contributed by atoms with Crippen LogP contribution >= 0.6 is 0 Å². The quantitative estimate of drug-likeness (QED) is 0.148. The van der Waals surface area contributed by atoms with Gasteiger partial charge in [-0.15, -0.1) is 0 Å². The van der Waals surface area contributed by atoms with Crippen molar-refractivity contribution in [2.45, 2.75) is 56.9 Å². The molecule has 3 aromatic carbocycles. The Kier molecular flexibility index (Phi) is 8.31. The van der Waals surface area contributed by atoms with E-state index in [-0.39, 0.29) is 6.61 Å². The first-order chi connectivity index (χ1) is 16.8. The Labute approximate surface area is 207 Å². The Morgan fingerprint density at radius 3 is 2.36 bits per heavy atom. The molecule has 196 valence electrons. The van der Waals surface area contributed by atoms with Gasteiger partial charge in [0.05, 0.1) is 12.2 Å². The summed E-state index contributed by atoms with van der Waals surface area (Å²) >= 11 is 0. The third-order valence-corrected chi connectivity index (χ3v) is 7.08. The lowest BCUT2D eigenvalue weighted by molar-refractivity contribution is -0.208. The van der Waals surface area contributed by atoms with E-state index in [1.165, 1.54) is 0 Å². The van der Waals surface area contributed by atoms with E-state index in [2.05, 4.69) is 4.74 Å². The highest BCUT2D eigenvalue weighted by Crippen LogP contribution is 2.29. The Bertz CT molecular complexity index is 1350. The second kappa shape index (κ2) is 10.7. The first-order valence-corrected chi connectivity index (χ1v) is 12.7. The van der Waals surface area contributed by atoms with Gasteiger partial charge >= 0.3 is 21.3 Å². The summed E-state index contributed by atoms with van der Waals surface area (Å²) in [6.07, 6.45) is -1.61. The second-order valence-electron chi connectivity index (χ2n) is 8.65. The lowest BCUT2D eigenvalue weighted by Gasteiger charge is -2.25. The van der Waals surface area contributed by atoms with E-state index < -0.39 is 39.8 Å². The average Bonchev–Trinajstić information content (AvgIpc) is 2.82. The van der Waals surface area contributed by atoms with Crippen LogP contribution in [0, 0.1) is 0 Å². The fourth-order valence-corrected chi connectivity index (χ4v) is 4.16. The lowest BCUT2D eigenvalue weighted by Crippen LogP contribution is -2.44. The summed E-state index contributed by atoms with van der Waals surface area (Å²) in [5, 5.41) is 18.5. The molecule has 0 fully saturated rings. The van der Waals surface area contributed by atoms with Crippen LogP contribution in [0.4, 0.5) is 8.78 Å². The highest BCUT2D eigenvalue weighted by molar-refractivity contribution is 7.86. The van der Waals surface area contributed by atoms with Gasteiger partial charge in [-0.2, -0.15) is 17.2 Å². The zero-order valence-corrected chi connectivity index (χ0v) is 20.6. The number of carbonyl (C=O) groups excluding carboxylic acids is 1. The first-order valence-electron chi connectivity index (χ1n) is 11.3. The molecule has 36 heavy (non-hydrogen) atoms. The summed E-state index contributed by atoms with van der Waals surface area (Å²) in [5.74, 6) is -1.44. The minimum absolute atomic E-state index is 0.103. The molecule has 0 saturated carbocycles. The Morgan fingerprint density at radius 2 is 1.72 bits per heavy atom. The molecule has 0 radical (unpaired) electrons. The standard InChI is InChI=1S/C25H28F2O8S/c1-3-24(30,4-2)13-16-8-9-17-11-18-6-5-7-19(21(18)12-20(17)10-16)14-34-15-22(28)35-23(29)25(26,27)36(31,32)33/h5-12,23,29-30H,3-4,13-15H2,1-2H3,(H,31,32,33). The van der Waals surface area contributed by atoms with Crippen molar-refractivity contribution in [3.63, 3.8) is 0 Å². The minimum atomic E-state index is -5.98. The zero-order valence-electron chi connectivity index (χ0n) is 19.8. The maximum Gasteiger partial charge on any atom is 0.430 e. The largest absolute Gasteiger partial charge is 0.430 e. The van der Waals surface area contributed by atoms with E-state index in [1.807, 2.05) is 50.2 Å². The van der Waals surface area contributed by atoms with E-state index in [4.69, 9.17) is 14.4 Å². The van der Waals surface area contributed by atoms with Gasteiger partial charge in [0.15, 0.2) is 0 Å². The van der Waals surface area contributed by atoms with Crippen LogP contribution in [-0.2, 0) is 37.4 Å². The van der Waals surface area contributed by atoms with Gasteiger partial charge in [-0.05, 0) is 57.6 Å². The monoisotopic (exact) mass is 526 g/mol. The van der Waals surface area contributed by atoms with Crippen molar-refractivity contribution < 1.29 is 46.2 Å². The van der Waals surface area contributed by atoms with Gasteiger partial charge in [0.1, 0.15) is 6.61 Å². The van der Waals surface area contributed by atoms with Crippen molar-refractivity contribution in [2.24, 2.45) is 0 Å². The van der Waals surface area contributed by atoms with Crippen molar-refractivity contribution >= 4 is 37.6 Å². The number of hydrogen-bond acceptors (Lipinski definition) is 7. The van der Waals surface area contributed by atoms with Crippen molar-refractivity contribution in [2.75, 3.05) is 6.61 Å². The molecule has 8 nitrogen and oxygen atoms in total. The summed E-state index contributed by atoms with van der Waals surface area (Å²) in [6, 6.07) is 15.4. The molecule has 0 aliphatic rings. The Balaban J connectivity index is 1.75. The normalized spacial score (nSPS) is 13.8. The molecule has 0 aromatic heterocycles. The molecule has 3 N–H and O–H groups in total. The second-order valence-corrected chi connectivity index (χ2v) is 10.1. The predicted molar refractivity (Wildman–Crippen MR) is 129 cm³/mol. The number of fused-ring (bicyclic) bond motifs is 2. The van der Waals surface area contributed by atoms with Crippen LogP contribution in [0.3, 0.4) is 0 Å². The van der Waals surface area contributed by atoms with Crippen LogP contribution in [0.25, 0.3) is 21.5 Å². The van der Waals surface area contributed by atoms with Crippen molar-refractivity contribution in [3.8, 4) is 0 Å². The van der Waals surface area contributed by atoms with Crippen molar-refractivity contribution in [1.29, 1.82) is 0 Å². The van der Waals surface area contributed by atoms with Crippen molar-refractivity contribution in [1.82, 2.24) is 0 Å². The smallest absolute Gasteiger partial charge is 0.426 e. The fraction of sp³-hybridized carbons (Fsp3) is 0.400. The molecule has 0 amide bonds. The number of benzene rings is 3. The van der Waals surface area contributed by atoms with Crippen LogP contribution in [0.5, 0.6) is 0 Å². The molecule has 0 spiro atoms. The van der Waals surface area contributed by atoms with Gasteiger partial charge < -0.3 is 19.7 Å². The van der Waals surface area contributed by atoms with Gasteiger partial charge in [-0.1, -0.05) is 50.2 Å². The molecular weight excluding hydrogens is 498 g/mol. The highest BCUT2D eigenvalue weighted by atomic mass is 32.2. The number of esters is 1. The Morgan fingerprint density at radius 1 is 1.03 bits per heavy atom. The third kappa shape index (κ3) is 6.16. The average molecular weight is 527 g/mol. The number of rotatable bonds is 11. The Hall–Kier alpha value is -2.70. The topological polar surface area (TPSA) is 130 Å². The molecule has 1 atom stereocenters. The highest BCUT2D eigenvalue weighted by Gasteiger charge is 2.54. The SMILES string of the molecule is CCC(O)(CC)Cc1ccc2cc3cccc(COCC(=O)OC(O)C(F)(F)S(=O)(=O)O)c3cc2c1. The van der Waals surface area contributed by atoms with Crippen LogP contribution < -0.4 is 0 Å². The number of ether oxygens (including phenoxy) is 2. The number of hydrogen-bond donors (Lipinski definition) is 3. The maximum atomic E-state index is 13.3. The first kappa shape index (κ1) is 27.9. The van der Waals surface area contributed by atoms with Crippen LogP contribution in [0.1, 0.15) is 37.8 Å². The summed E-state index contributed by atoms with van der Waals surface area (Å²) in [6.45, 7) is 2.94. The van der Waals surface area contributed by atoms with E-state index >= 15 is 0 Å². The number of aliphatic hydroxyl groups excluding tert-OH is 1. The zero-order chi connectivity index (χ0) is 26.7. The lowest BCUT2D eigenvalue weighted by atomic mass is 9.88. The molecule has 0 aliphatic heterocycles. The number of alkyl halides is 2. The van der Waals surface area contributed by atoms with Crippen molar-refractivity contribution in [3.05, 3.63) is 59.7 Å². The fourth-order valence-electron chi connectivity index (χ4n) is 3.85. The molecule has 11 heteroatoms. The van der Waals surface area contributed by atoms with Gasteiger partial charge in [0.25, 0.3) is 6.29 Å². The molecule has 0 saturated heterocycles. The molecule has 3 rings (SSSR count). The molecule has 0 heterocycles. The van der Waals surface area contributed by atoms with Crippen LogP contribution in [0.2, 0.25) is 0 Å². The number of carbonyl (C=O) groups is 1. The van der Waals surface area contributed by atoms with Crippen LogP contribution in [-0.4, -0.2) is 52.9 Å². The maximum absolute atomic E-state index is 13.3. The molecule has 1 unspecified atom stereocenters. The van der Waals surface area contributed by atoms with E-state index in [0.717, 1.165) is 27.1 Å². The number of halogens is 2. The minimum Gasteiger partial charge on any atom is -0.426 e. The van der Waals surface area contributed by atoms with E-state index in [1.54, 1.807) is 12.1 Å². The van der Waals surface area contributed by atoms with Gasteiger partial charge in [0, 0.05) is 6.42 Å². The predicted octanol–water partition coefficient (Wildman–Crippen LogP) is 3.95. The summed E-state index contributed by atoms with van der Waals surface area (Å²) in [5.41, 5.74) is 0.900. The van der Waals surface area contributed by atoms with E-state index in [9.17, 15) is 27.1 Å². The van der Waals surface area contributed by atoms with Gasteiger partial charge in [-0.25, -0.2) is 4.79 Å². The van der Waals surface area contributed by atoms with Gasteiger partial charge in [-0.3, -0.25) is 4.55 Å². The third-order valence-electron chi connectivity index (χ3n) is 6.19. The summed E-state index contributed by atoms with van der Waals surface area (Å²) < 4.78 is 65.6. The summed E-state index contributed by atoms with van der Waals surface area (Å²) in [4.78, 5) is 11.7. The molecular formula is C25H28F2O8S. The molecule has 0 bridgehead atoms. The summed E-state index contributed by atoms with van der Waals surface area (Å²) in [7, 11) is -5.98. The molecule has 3 aromatic rings. The van der Waals surface area contributed by atoms with Gasteiger partial charge in [0.2, 0.25) is 0 Å². The van der Waals surface area contributed by atoms with Crippen LogP contribution in [0.15, 0.2) is 48.5 Å².